The normalized spacial score (nSPS) is 15.8. The summed E-state index contributed by atoms with van der Waals surface area (Å²) >= 11 is 0. The second-order valence-electron chi connectivity index (χ2n) is 9.59. The predicted octanol–water partition coefficient (Wildman–Crippen LogP) is -0.132. The van der Waals surface area contributed by atoms with E-state index in [-0.39, 0.29) is 18.8 Å². The predicted molar refractivity (Wildman–Crippen MR) is 141 cm³/mol. The summed E-state index contributed by atoms with van der Waals surface area (Å²) in [6.07, 6.45) is -0.0547. The molecule has 2 aromatic rings. The summed E-state index contributed by atoms with van der Waals surface area (Å²) in [5.41, 5.74) is 7.36. The number of aliphatic carboxylic acids is 2. The van der Waals surface area contributed by atoms with Crippen molar-refractivity contribution in [3.8, 4) is 0 Å². The Labute approximate surface area is 225 Å². The van der Waals surface area contributed by atoms with Crippen LogP contribution < -0.4 is 21.7 Å². The molecule has 9 N–H and O–H groups in total. The molecule has 2 rings (SSSR count). The number of hydrogen-bond acceptors (Lipinski definition) is 7. The van der Waals surface area contributed by atoms with Gasteiger partial charge in [-0.15, -0.1) is 0 Å². The largest absolute Gasteiger partial charge is 0.481 e. The zero-order chi connectivity index (χ0) is 29.3. The highest BCUT2D eigenvalue weighted by atomic mass is 16.4. The number of aromatic nitrogens is 1. The van der Waals surface area contributed by atoms with E-state index in [4.69, 9.17) is 10.8 Å². The molecule has 0 bridgehead atoms. The van der Waals surface area contributed by atoms with Crippen LogP contribution in [0.2, 0.25) is 0 Å². The number of aromatic amines is 1. The number of rotatable bonds is 15. The summed E-state index contributed by atoms with van der Waals surface area (Å²) in [6, 6.07) is 1.95. The van der Waals surface area contributed by atoms with Crippen molar-refractivity contribution in [3.63, 3.8) is 0 Å². The van der Waals surface area contributed by atoms with Crippen LogP contribution in [0.25, 0.3) is 10.9 Å². The first-order valence-electron chi connectivity index (χ1n) is 12.7. The molecule has 1 aromatic carbocycles. The Balaban J connectivity index is 2.17. The van der Waals surface area contributed by atoms with E-state index in [0.717, 1.165) is 10.9 Å². The highest BCUT2D eigenvalue weighted by molar-refractivity contribution is 5.95. The number of carbonyl (C=O) groups is 5. The van der Waals surface area contributed by atoms with Crippen molar-refractivity contribution in [1.82, 2.24) is 20.9 Å². The van der Waals surface area contributed by atoms with Crippen molar-refractivity contribution in [1.29, 1.82) is 0 Å². The lowest BCUT2D eigenvalue weighted by molar-refractivity contribution is -0.143. The van der Waals surface area contributed by atoms with Crippen molar-refractivity contribution in [2.45, 2.75) is 76.7 Å². The fourth-order valence-corrected chi connectivity index (χ4v) is 3.96. The lowest BCUT2D eigenvalue weighted by Crippen LogP contribution is -2.60. The molecule has 39 heavy (non-hydrogen) atoms. The lowest BCUT2D eigenvalue weighted by Gasteiger charge is -2.27. The number of carboxylic acids is 2. The van der Waals surface area contributed by atoms with E-state index in [9.17, 15) is 34.2 Å². The maximum atomic E-state index is 13.0. The smallest absolute Gasteiger partial charge is 0.326 e. The second-order valence-corrected chi connectivity index (χ2v) is 9.59. The summed E-state index contributed by atoms with van der Waals surface area (Å²) in [5.74, 6) is -5.31. The van der Waals surface area contributed by atoms with E-state index in [1.54, 1.807) is 25.3 Å². The van der Waals surface area contributed by atoms with Gasteiger partial charge in [-0.25, -0.2) is 4.79 Å². The van der Waals surface area contributed by atoms with Crippen LogP contribution in [0, 0.1) is 5.92 Å². The number of fused-ring (bicyclic) bond motifs is 1. The maximum absolute atomic E-state index is 13.0. The van der Waals surface area contributed by atoms with Gasteiger partial charge in [-0.1, -0.05) is 38.5 Å². The average molecular weight is 548 g/mol. The number of para-hydroxylation sites is 1. The van der Waals surface area contributed by atoms with Gasteiger partial charge in [0.2, 0.25) is 17.7 Å². The monoisotopic (exact) mass is 547 g/mol. The minimum Gasteiger partial charge on any atom is -0.481 e. The summed E-state index contributed by atoms with van der Waals surface area (Å²) in [4.78, 5) is 64.7. The fourth-order valence-electron chi connectivity index (χ4n) is 3.96. The molecule has 0 fully saturated rings. The molecule has 1 aromatic heterocycles. The summed E-state index contributed by atoms with van der Waals surface area (Å²) in [6.45, 7) is 4.81. The lowest BCUT2D eigenvalue weighted by atomic mass is 9.98. The van der Waals surface area contributed by atoms with Crippen LogP contribution in [-0.4, -0.2) is 80.2 Å². The third kappa shape index (κ3) is 8.79. The highest BCUT2D eigenvalue weighted by Crippen LogP contribution is 2.19. The first-order chi connectivity index (χ1) is 18.3. The number of nitrogens with two attached hydrogens (primary N) is 1. The molecule has 3 amide bonds. The summed E-state index contributed by atoms with van der Waals surface area (Å²) in [5, 5.41) is 36.9. The molecule has 1 heterocycles. The molecule has 0 aliphatic carbocycles. The molecule has 214 valence electrons. The molecule has 0 radical (unpaired) electrons. The topological polar surface area (TPSA) is 224 Å². The van der Waals surface area contributed by atoms with Crippen molar-refractivity contribution in [2.75, 3.05) is 0 Å². The molecule has 0 aliphatic rings. The van der Waals surface area contributed by atoms with E-state index in [1.807, 2.05) is 19.1 Å². The van der Waals surface area contributed by atoms with E-state index in [2.05, 4.69) is 20.9 Å². The highest BCUT2D eigenvalue weighted by Gasteiger charge is 2.33. The van der Waals surface area contributed by atoms with Gasteiger partial charge in [0.15, 0.2) is 0 Å². The standard InChI is InChI=1S/C26H37N5O8/c1-4-13(2)21(27)24(36)29-18(9-10-20(33)34)23(35)31-22(14(3)32)25(37)30-19(26(38)39)11-15-12-28-17-8-6-5-7-16(15)17/h5-8,12-14,18-19,21-22,28,32H,4,9-11,27H2,1-3H3,(H,29,36)(H,30,37)(H,31,35)(H,33,34)(H,38,39). The van der Waals surface area contributed by atoms with Crippen LogP contribution in [-0.2, 0) is 30.4 Å². The number of H-pyrrole nitrogens is 1. The molecule has 6 unspecified atom stereocenters. The minimum absolute atomic E-state index is 0.0731. The molecule has 6 atom stereocenters. The van der Waals surface area contributed by atoms with Gasteiger partial charge in [-0.05, 0) is 30.9 Å². The first-order valence-corrected chi connectivity index (χ1v) is 12.7. The SMILES string of the molecule is CCC(C)C(N)C(=O)NC(CCC(=O)O)C(=O)NC(C(=O)NC(Cc1c[nH]c2ccccc12)C(=O)O)C(C)O. The van der Waals surface area contributed by atoms with Crippen LogP contribution in [0.3, 0.4) is 0 Å². The van der Waals surface area contributed by atoms with Crippen LogP contribution in [0.5, 0.6) is 0 Å². The number of aliphatic hydroxyl groups excluding tert-OH is 1. The van der Waals surface area contributed by atoms with Gasteiger partial charge in [0.25, 0.3) is 0 Å². The molecule has 0 saturated carbocycles. The maximum Gasteiger partial charge on any atom is 0.326 e. The number of benzene rings is 1. The summed E-state index contributed by atoms with van der Waals surface area (Å²) < 4.78 is 0. The Morgan fingerprint density at radius 3 is 2.18 bits per heavy atom. The zero-order valence-electron chi connectivity index (χ0n) is 22.1. The van der Waals surface area contributed by atoms with E-state index in [0.29, 0.717) is 12.0 Å². The molecular weight excluding hydrogens is 510 g/mol. The van der Waals surface area contributed by atoms with E-state index in [1.165, 1.54) is 6.92 Å². The van der Waals surface area contributed by atoms with Gasteiger partial charge in [0.05, 0.1) is 12.1 Å². The quantitative estimate of drug-likeness (QED) is 0.148. The Bertz CT molecular complexity index is 1180. The third-order valence-electron chi connectivity index (χ3n) is 6.62. The third-order valence-corrected chi connectivity index (χ3v) is 6.62. The van der Waals surface area contributed by atoms with Gasteiger partial charge < -0.3 is 42.0 Å². The molecule has 0 saturated heterocycles. The van der Waals surface area contributed by atoms with Crippen LogP contribution in [0.4, 0.5) is 0 Å². The second kappa shape index (κ2) is 14.3. The Kier molecular flexibility index (Phi) is 11.4. The minimum atomic E-state index is -1.59. The van der Waals surface area contributed by atoms with E-state index >= 15 is 0 Å². The molecular formula is C26H37N5O8. The molecule has 0 aliphatic heterocycles. The number of aliphatic hydroxyl groups is 1. The Morgan fingerprint density at radius 1 is 0.949 bits per heavy atom. The van der Waals surface area contributed by atoms with Crippen LogP contribution in [0.15, 0.2) is 30.5 Å². The van der Waals surface area contributed by atoms with Gasteiger partial charge in [-0.3, -0.25) is 19.2 Å². The van der Waals surface area contributed by atoms with E-state index < -0.39 is 66.4 Å². The van der Waals surface area contributed by atoms with Crippen LogP contribution >= 0.6 is 0 Å². The number of amides is 3. The Hall–Kier alpha value is -3.97. The number of hydrogen-bond donors (Lipinski definition) is 8. The zero-order valence-corrected chi connectivity index (χ0v) is 22.1. The van der Waals surface area contributed by atoms with Crippen molar-refractivity contribution < 1.29 is 39.3 Å². The first kappa shape index (κ1) is 31.2. The van der Waals surface area contributed by atoms with Crippen molar-refractivity contribution >= 4 is 40.6 Å². The van der Waals surface area contributed by atoms with Crippen molar-refractivity contribution in [2.24, 2.45) is 11.7 Å². The average Bonchev–Trinajstić information content (AvgIpc) is 3.30. The molecule has 13 nitrogen and oxygen atoms in total. The van der Waals surface area contributed by atoms with Crippen LogP contribution in [0.1, 0.15) is 45.6 Å². The fraction of sp³-hybridized carbons (Fsp3) is 0.500. The number of nitrogens with one attached hydrogen (secondary N) is 4. The van der Waals surface area contributed by atoms with Gasteiger partial charge in [0, 0.05) is 29.9 Å². The van der Waals surface area contributed by atoms with Gasteiger partial charge >= 0.3 is 11.9 Å². The van der Waals surface area contributed by atoms with Crippen molar-refractivity contribution in [3.05, 3.63) is 36.0 Å². The summed E-state index contributed by atoms with van der Waals surface area (Å²) in [7, 11) is 0. The Morgan fingerprint density at radius 2 is 1.59 bits per heavy atom. The molecule has 13 heteroatoms. The molecule has 0 spiro atoms. The van der Waals surface area contributed by atoms with Gasteiger partial charge in [-0.2, -0.15) is 0 Å². The van der Waals surface area contributed by atoms with Gasteiger partial charge in [0.1, 0.15) is 18.1 Å². The number of carboxylic acid groups (broad SMARTS) is 2. The number of carbonyl (C=O) groups excluding carboxylic acids is 3.